The first-order valence-electron chi connectivity index (χ1n) is 3.71. The van der Waals surface area contributed by atoms with Crippen molar-refractivity contribution in [2.75, 3.05) is 0 Å². The summed E-state index contributed by atoms with van der Waals surface area (Å²) in [6.07, 6.45) is 2.56. The predicted octanol–water partition coefficient (Wildman–Crippen LogP) is 1.13. The fraction of sp³-hybridized carbons (Fsp3) is 0. The van der Waals surface area contributed by atoms with Gasteiger partial charge in [0.1, 0.15) is 0 Å². The first-order chi connectivity index (χ1) is 6.20. The molecule has 0 unspecified atom stereocenters. The second kappa shape index (κ2) is 12.6. The fourth-order valence-corrected chi connectivity index (χ4v) is 0.589. The number of carboxylic acids is 1. The molecule has 1 aromatic rings. The van der Waals surface area contributed by atoms with Crippen LogP contribution in [0.4, 0.5) is 0 Å². The Hall–Kier alpha value is -1.35. The molecule has 81 valence electrons. The molecule has 0 atom stereocenters. The van der Waals surface area contributed by atoms with Crippen molar-refractivity contribution < 1.29 is 32.4 Å². The van der Waals surface area contributed by atoms with E-state index in [-0.39, 0.29) is 22.5 Å². The van der Waals surface area contributed by atoms with E-state index >= 15 is 0 Å². The van der Waals surface area contributed by atoms with Crippen molar-refractivity contribution in [3.8, 4) is 0 Å². The molecule has 0 aliphatic carbocycles. The van der Waals surface area contributed by atoms with E-state index in [0.717, 1.165) is 6.08 Å². The summed E-state index contributed by atoms with van der Waals surface area (Å²) in [7, 11) is 0. The van der Waals surface area contributed by atoms with Crippen molar-refractivity contribution in [1.82, 2.24) is 0 Å². The Balaban J connectivity index is -0.000000185. The molecule has 0 saturated heterocycles. The number of carbonyl (C=O) groups excluding carboxylic acids is 1. The Morgan fingerprint density at radius 3 is 1.80 bits per heavy atom. The maximum atomic E-state index is 9.14. The number of hydrogen-bond donors (Lipinski definition) is 0. The number of hydrogen-bond acceptors (Lipinski definition) is 2. The van der Waals surface area contributed by atoms with Crippen LogP contribution in [0.3, 0.4) is 0 Å². The molecule has 0 fully saturated rings. The third-order valence-corrected chi connectivity index (χ3v) is 1.20. The molecule has 0 spiro atoms. The Morgan fingerprint density at radius 1 is 1.20 bits per heavy atom. The van der Waals surface area contributed by atoms with E-state index in [1.807, 2.05) is 36.4 Å². The molecule has 1 aromatic carbocycles. The van der Waals surface area contributed by atoms with Gasteiger partial charge in [0.15, 0.2) is 0 Å². The molecular formula is C11H11FeO3. The summed E-state index contributed by atoms with van der Waals surface area (Å²) in [4.78, 5) is 9.14. The molecule has 15 heavy (non-hydrogen) atoms. The van der Waals surface area contributed by atoms with Crippen molar-refractivity contribution in [2.24, 2.45) is 0 Å². The third-order valence-electron chi connectivity index (χ3n) is 1.20. The van der Waals surface area contributed by atoms with Crippen molar-refractivity contribution in [2.45, 2.75) is 0 Å². The van der Waals surface area contributed by atoms with Gasteiger partial charge in [-0.15, -0.1) is 0 Å². The Kier molecular flexibility index (Phi) is 16.2. The van der Waals surface area contributed by atoms with Gasteiger partial charge in [0.05, 0.1) is 5.97 Å². The Labute approximate surface area is 99.9 Å². The van der Waals surface area contributed by atoms with Crippen LogP contribution >= 0.6 is 0 Å². The van der Waals surface area contributed by atoms with E-state index in [1.54, 1.807) is 0 Å². The Bertz CT molecular complexity index is 283. The van der Waals surface area contributed by atoms with Crippen LogP contribution in [0.25, 0.3) is 6.08 Å². The van der Waals surface area contributed by atoms with E-state index < -0.39 is 5.97 Å². The molecule has 0 bridgehead atoms. The van der Waals surface area contributed by atoms with E-state index in [2.05, 4.69) is 13.2 Å². The second-order valence-electron chi connectivity index (χ2n) is 2.14. The summed E-state index contributed by atoms with van der Waals surface area (Å²) in [5, 5.41) is 9.14. The van der Waals surface area contributed by atoms with Crippen molar-refractivity contribution in [3.05, 3.63) is 55.1 Å². The van der Waals surface area contributed by atoms with Crippen LogP contribution in [0.1, 0.15) is 5.56 Å². The molecule has 0 amide bonds. The van der Waals surface area contributed by atoms with Gasteiger partial charge in [-0.05, 0) is 11.6 Å². The molecule has 0 N–H and O–H groups in total. The molecule has 0 heterocycles. The first-order valence-corrected chi connectivity index (χ1v) is 3.71. The zero-order valence-corrected chi connectivity index (χ0v) is 9.14. The summed E-state index contributed by atoms with van der Waals surface area (Å²) in [5.74, 6) is -1.23. The standard InChI is InChI=1S/C8H8.C3H4O2.Fe.O/c1-2-8-6-4-3-5-7-8;1-2-3(4)5;;/h2-7H,1H2;2H,1H2,(H,4,5);;/q;;+3;-2/p-1. The zero-order valence-electron chi connectivity index (χ0n) is 8.03. The summed E-state index contributed by atoms with van der Waals surface area (Å²) in [5.41, 5.74) is 1.17. The van der Waals surface area contributed by atoms with Gasteiger partial charge in [-0.3, -0.25) is 0 Å². The number of carboxylic acid groups (broad SMARTS) is 1. The van der Waals surface area contributed by atoms with Crippen LogP contribution in [0.15, 0.2) is 49.6 Å². The van der Waals surface area contributed by atoms with Gasteiger partial charge in [-0.2, -0.15) is 0 Å². The molecule has 1 rings (SSSR count). The third kappa shape index (κ3) is 12.6. The number of rotatable bonds is 2. The summed E-state index contributed by atoms with van der Waals surface area (Å²) in [6, 6.07) is 10.0. The van der Waals surface area contributed by atoms with Crippen LogP contribution in [0.5, 0.6) is 0 Å². The smallest absolute Gasteiger partial charge is 2.00 e. The van der Waals surface area contributed by atoms with Gasteiger partial charge in [0.2, 0.25) is 0 Å². The first kappa shape index (κ1) is 19.3. The summed E-state index contributed by atoms with van der Waals surface area (Å²) < 4.78 is 0. The fourth-order valence-electron chi connectivity index (χ4n) is 0.589. The van der Waals surface area contributed by atoms with Gasteiger partial charge < -0.3 is 15.4 Å². The van der Waals surface area contributed by atoms with Crippen LogP contribution in [0, 0.1) is 0 Å². The maximum Gasteiger partial charge on any atom is 3.00 e. The molecular weight excluding hydrogens is 236 g/mol. The average molecular weight is 247 g/mol. The molecule has 3 nitrogen and oxygen atoms in total. The van der Waals surface area contributed by atoms with Crippen LogP contribution in [-0.4, -0.2) is 5.97 Å². The molecule has 0 saturated carbocycles. The average Bonchev–Trinajstić information content (AvgIpc) is 2.20. The Morgan fingerprint density at radius 2 is 1.60 bits per heavy atom. The van der Waals surface area contributed by atoms with Crippen molar-refractivity contribution in [3.63, 3.8) is 0 Å². The van der Waals surface area contributed by atoms with Crippen molar-refractivity contribution >= 4 is 12.0 Å². The SMILES string of the molecule is C=CC(=O)[O-].C=Cc1ccccc1.[Fe+3].[O-2]. The predicted molar refractivity (Wildman–Crippen MR) is 52.4 cm³/mol. The summed E-state index contributed by atoms with van der Waals surface area (Å²) >= 11 is 0. The monoisotopic (exact) mass is 247 g/mol. The second-order valence-corrected chi connectivity index (χ2v) is 2.14. The summed E-state index contributed by atoms with van der Waals surface area (Å²) in [6.45, 7) is 6.53. The van der Waals surface area contributed by atoms with E-state index in [1.165, 1.54) is 5.56 Å². The van der Waals surface area contributed by atoms with Crippen LogP contribution in [-0.2, 0) is 27.3 Å². The molecule has 0 aromatic heterocycles. The minimum atomic E-state index is -1.23. The van der Waals surface area contributed by atoms with Crippen LogP contribution < -0.4 is 5.11 Å². The van der Waals surface area contributed by atoms with E-state index in [9.17, 15) is 0 Å². The number of aliphatic carboxylic acids is 1. The minimum Gasteiger partial charge on any atom is -2.00 e. The minimum absolute atomic E-state index is 0. The van der Waals surface area contributed by atoms with E-state index in [4.69, 9.17) is 9.90 Å². The molecule has 0 aliphatic rings. The quantitative estimate of drug-likeness (QED) is 0.580. The molecule has 4 heteroatoms. The molecule has 0 aliphatic heterocycles. The number of carbonyl (C=O) groups is 1. The normalized spacial score (nSPS) is 6.67. The van der Waals surface area contributed by atoms with Gasteiger partial charge in [-0.25, -0.2) is 0 Å². The van der Waals surface area contributed by atoms with Gasteiger partial charge in [-0.1, -0.05) is 49.6 Å². The van der Waals surface area contributed by atoms with Crippen LogP contribution in [0.2, 0.25) is 0 Å². The van der Waals surface area contributed by atoms with E-state index in [0.29, 0.717) is 0 Å². The number of benzene rings is 1. The maximum absolute atomic E-state index is 9.14. The van der Waals surface area contributed by atoms with Gasteiger partial charge in [0, 0.05) is 0 Å². The molecule has 1 radical (unpaired) electrons. The van der Waals surface area contributed by atoms with Crippen molar-refractivity contribution in [1.29, 1.82) is 0 Å². The zero-order chi connectivity index (χ0) is 10.1. The largest absolute Gasteiger partial charge is 3.00 e. The van der Waals surface area contributed by atoms with Gasteiger partial charge >= 0.3 is 17.1 Å². The topological polar surface area (TPSA) is 68.6 Å². The van der Waals surface area contributed by atoms with Gasteiger partial charge in [0.25, 0.3) is 0 Å².